The Balaban J connectivity index is 1.50. The fourth-order valence-corrected chi connectivity index (χ4v) is 3.88. The van der Waals surface area contributed by atoms with Crippen LogP contribution in [0.4, 0.5) is 5.69 Å². The Kier molecular flexibility index (Phi) is 7.24. The van der Waals surface area contributed by atoms with Gasteiger partial charge < -0.3 is 14.6 Å². The highest BCUT2D eigenvalue weighted by atomic mass is 32.2. The van der Waals surface area contributed by atoms with Gasteiger partial charge in [0.15, 0.2) is 0 Å². The second-order valence-electron chi connectivity index (χ2n) is 6.79. The third-order valence-corrected chi connectivity index (χ3v) is 5.66. The van der Waals surface area contributed by atoms with Crippen molar-refractivity contribution in [3.8, 4) is 17.1 Å². The van der Waals surface area contributed by atoms with Crippen molar-refractivity contribution in [2.75, 3.05) is 24.2 Å². The van der Waals surface area contributed by atoms with Gasteiger partial charge in [-0.1, -0.05) is 35.5 Å². The van der Waals surface area contributed by atoms with Crippen molar-refractivity contribution in [1.29, 1.82) is 0 Å². The normalized spacial score (nSPS) is 11.2. The summed E-state index contributed by atoms with van der Waals surface area (Å²) in [4.78, 5) is 16.4. The molecule has 0 aliphatic carbocycles. The van der Waals surface area contributed by atoms with Gasteiger partial charge in [0.1, 0.15) is 5.75 Å². The molecular formula is C21H24N4O5S. The summed E-state index contributed by atoms with van der Waals surface area (Å²) in [6, 6.07) is 16.1. The average molecular weight is 445 g/mol. The van der Waals surface area contributed by atoms with Gasteiger partial charge in [0, 0.05) is 18.5 Å². The first-order chi connectivity index (χ1) is 14.9. The molecular weight excluding hydrogens is 420 g/mol. The summed E-state index contributed by atoms with van der Waals surface area (Å²) < 4.78 is 35.8. The van der Waals surface area contributed by atoms with Crippen LogP contribution in [0.3, 0.4) is 0 Å². The number of carbonyl (C=O) groups excluding carboxylic acids is 1. The Morgan fingerprint density at radius 3 is 2.48 bits per heavy atom. The van der Waals surface area contributed by atoms with E-state index in [-0.39, 0.29) is 25.4 Å². The highest BCUT2D eigenvalue weighted by Gasteiger charge is 2.18. The molecule has 1 amide bonds. The second-order valence-corrected chi connectivity index (χ2v) is 8.70. The van der Waals surface area contributed by atoms with Gasteiger partial charge in [-0.05, 0) is 30.7 Å². The summed E-state index contributed by atoms with van der Waals surface area (Å²) in [6.07, 6.45) is 1.64. The van der Waals surface area contributed by atoms with Crippen LogP contribution < -0.4 is 14.4 Å². The zero-order valence-electron chi connectivity index (χ0n) is 17.3. The maximum Gasteiger partial charge on any atom is 0.246 e. The number of ether oxygens (including phenoxy) is 1. The van der Waals surface area contributed by atoms with E-state index < -0.39 is 10.0 Å². The zero-order valence-corrected chi connectivity index (χ0v) is 18.1. The number of rotatable bonds is 10. The minimum Gasteiger partial charge on any atom is -0.497 e. The average Bonchev–Trinajstić information content (AvgIpc) is 3.24. The molecule has 10 heteroatoms. The number of nitrogens with one attached hydrogen (secondary N) is 1. The molecule has 0 saturated carbocycles. The molecule has 2 aromatic carbocycles. The van der Waals surface area contributed by atoms with Crippen molar-refractivity contribution in [2.24, 2.45) is 0 Å². The number of amides is 1. The van der Waals surface area contributed by atoms with Gasteiger partial charge in [-0.2, -0.15) is 4.98 Å². The van der Waals surface area contributed by atoms with Gasteiger partial charge in [0.2, 0.25) is 27.6 Å². The molecule has 0 atom stereocenters. The third-order valence-electron chi connectivity index (χ3n) is 4.46. The van der Waals surface area contributed by atoms with Gasteiger partial charge in [-0.15, -0.1) is 0 Å². The maximum absolute atomic E-state index is 12.2. The summed E-state index contributed by atoms with van der Waals surface area (Å²) in [6.45, 7) is 0.282. The van der Waals surface area contributed by atoms with Crippen LogP contribution in [0.25, 0.3) is 11.4 Å². The number of anilines is 1. The molecule has 9 nitrogen and oxygen atoms in total. The van der Waals surface area contributed by atoms with Crippen LogP contribution in [0.1, 0.15) is 18.7 Å². The molecule has 164 valence electrons. The number of hydrogen-bond acceptors (Lipinski definition) is 7. The molecule has 0 aliphatic rings. The largest absolute Gasteiger partial charge is 0.497 e. The van der Waals surface area contributed by atoms with E-state index in [9.17, 15) is 13.2 Å². The molecule has 0 spiro atoms. The van der Waals surface area contributed by atoms with Gasteiger partial charge in [-0.25, -0.2) is 8.42 Å². The van der Waals surface area contributed by atoms with E-state index in [1.54, 1.807) is 31.4 Å². The molecule has 31 heavy (non-hydrogen) atoms. The van der Waals surface area contributed by atoms with Crippen molar-refractivity contribution in [3.05, 3.63) is 60.5 Å². The number of benzene rings is 2. The van der Waals surface area contributed by atoms with E-state index in [1.807, 2.05) is 30.3 Å². The fraction of sp³-hybridized carbons (Fsp3) is 0.286. The predicted molar refractivity (Wildman–Crippen MR) is 116 cm³/mol. The number of aromatic nitrogens is 2. The monoisotopic (exact) mass is 444 g/mol. The molecule has 0 saturated heterocycles. The number of sulfonamides is 1. The highest BCUT2D eigenvalue weighted by Crippen LogP contribution is 2.22. The lowest BCUT2D eigenvalue weighted by Gasteiger charge is -2.22. The van der Waals surface area contributed by atoms with E-state index >= 15 is 0 Å². The second kappa shape index (κ2) is 10.1. The number of hydrogen-bond donors (Lipinski definition) is 1. The van der Waals surface area contributed by atoms with Crippen LogP contribution in [0, 0.1) is 0 Å². The topological polar surface area (TPSA) is 115 Å². The summed E-state index contributed by atoms with van der Waals surface area (Å²) in [5.41, 5.74) is 1.34. The van der Waals surface area contributed by atoms with E-state index in [1.165, 1.54) is 4.31 Å². The van der Waals surface area contributed by atoms with Gasteiger partial charge in [-0.3, -0.25) is 9.10 Å². The van der Waals surface area contributed by atoms with Crippen LogP contribution in [0.2, 0.25) is 0 Å². The predicted octanol–water partition coefficient (Wildman–Crippen LogP) is 2.61. The molecule has 3 rings (SSSR count). The van der Waals surface area contributed by atoms with Crippen LogP contribution in [-0.4, -0.2) is 44.4 Å². The van der Waals surface area contributed by atoms with E-state index in [0.29, 0.717) is 29.6 Å². The lowest BCUT2D eigenvalue weighted by atomic mass is 10.2. The smallest absolute Gasteiger partial charge is 0.246 e. The number of nitrogens with zero attached hydrogens (tertiary/aromatic N) is 3. The lowest BCUT2D eigenvalue weighted by molar-refractivity contribution is -0.121. The minimum absolute atomic E-state index is 0.104. The zero-order chi connectivity index (χ0) is 22.3. The summed E-state index contributed by atoms with van der Waals surface area (Å²) in [5.74, 6) is 1.15. The molecule has 1 heterocycles. The van der Waals surface area contributed by atoms with Crippen molar-refractivity contribution in [2.45, 2.75) is 19.4 Å². The summed E-state index contributed by atoms with van der Waals surface area (Å²) >= 11 is 0. The third kappa shape index (κ3) is 6.29. The Labute approximate surface area is 181 Å². The molecule has 0 unspecified atom stereocenters. The Bertz CT molecular complexity index is 1100. The molecule has 3 aromatic rings. The Hall–Kier alpha value is -3.40. The van der Waals surface area contributed by atoms with Gasteiger partial charge >= 0.3 is 0 Å². The van der Waals surface area contributed by atoms with Crippen molar-refractivity contribution < 1.29 is 22.5 Å². The van der Waals surface area contributed by atoms with Crippen LogP contribution >= 0.6 is 0 Å². The summed E-state index contributed by atoms with van der Waals surface area (Å²) in [7, 11) is -1.95. The van der Waals surface area contributed by atoms with Crippen LogP contribution in [-0.2, 0) is 21.4 Å². The van der Waals surface area contributed by atoms with Crippen molar-refractivity contribution in [1.82, 2.24) is 15.5 Å². The number of carbonyl (C=O) groups is 1. The maximum atomic E-state index is 12.2. The lowest BCUT2D eigenvalue weighted by Crippen LogP contribution is -2.32. The molecule has 0 bridgehead atoms. The molecule has 0 radical (unpaired) electrons. The first-order valence-corrected chi connectivity index (χ1v) is 11.5. The van der Waals surface area contributed by atoms with E-state index in [4.69, 9.17) is 9.26 Å². The molecule has 0 fully saturated rings. The van der Waals surface area contributed by atoms with Crippen LogP contribution in [0.5, 0.6) is 5.75 Å². The number of methoxy groups -OCH3 is 1. The standard InChI is InChI=1S/C21H24N4O5S/c1-29-18-12-10-17(11-13-18)25(31(2,27)28)14-6-9-19(26)22-15-20-23-21(24-30-20)16-7-4-3-5-8-16/h3-5,7-8,10-13H,6,9,14-15H2,1-2H3,(H,22,26). The molecule has 0 aliphatic heterocycles. The van der Waals surface area contributed by atoms with Crippen LogP contribution in [0.15, 0.2) is 59.1 Å². The fourth-order valence-electron chi connectivity index (χ4n) is 2.91. The Morgan fingerprint density at radius 2 is 1.84 bits per heavy atom. The molecule has 1 N–H and O–H groups in total. The quantitative estimate of drug-likeness (QED) is 0.511. The van der Waals surface area contributed by atoms with Gasteiger partial charge in [0.05, 0.1) is 25.6 Å². The van der Waals surface area contributed by atoms with E-state index in [0.717, 1.165) is 11.8 Å². The van der Waals surface area contributed by atoms with Crippen molar-refractivity contribution >= 4 is 21.6 Å². The van der Waals surface area contributed by atoms with Crippen molar-refractivity contribution in [3.63, 3.8) is 0 Å². The minimum atomic E-state index is -3.49. The van der Waals surface area contributed by atoms with Gasteiger partial charge in [0.25, 0.3) is 0 Å². The Morgan fingerprint density at radius 1 is 1.13 bits per heavy atom. The summed E-state index contributed by atoms with van der Waals surface area (Å²) in [5, 5.41) is 6.61. The molecule has 1 aromatic heterocycles. The van der Waals surface area contributed by atoms with E-state index in [2.05, 4.69) is 15.5 Å². The first-order valence-electron chi connectivity index (χ1n) is 9.63. The first kappa shape index (κ1) is 22.3. The highest BCUT2D eigenvalue weighted by molar-refractivity contribution is 7.92. The SMILES string of the molecule is COc1ccc(N(CCCC(=O)NCc2nc(-c3ccccc3)no2)S(C)(=O)=O)cc1.